The maximum absolute atomic E-state index is 11.8. The van der Waals surface area contributed by atoms with Crippen molar-refractivity contribution in [2.45, 2.75) is 40.0 Å². The highest BCUT2D eigenvalue weighted by Crippen LogP contribution is 2.34. The molecule has 1 saturated heterocycles. The lowest BCUT2D eigenvalue weighted by Crippen LogP contribution is -2.46. The van der Waals surface area contributed by atoms with Crippen LogP contribution in [-0.2, 0) is 4.79 Å². The molecule has 1 fully saturated rings. The summed E-state index contributed by atoms with van der Waals surface area (Å²) in [4.78, 5) is 23.9. The molecule has 18 heavy (non-hydrogen) atoms. The quantitative estimate of drug-likeness (QED) is 0.810. The zero-order valence-electron chi connectivity index (χ0n) is 11.5. The second-order valence-electron chi connectivity index (χ2n) is 6.00. The maximum atomic E-state index is 11.8. The zero-order valence-corrected chi connectivity index (χ0v) is 11.5. The summed E-state index contributed by atoms with van der Waals surface area (Å²) in [6.07, 6.45) is 2.02. The van der Waals surface area contributed by atoms with E-state index < -0.39 is 5.97 Å². The summed E-state index contributed by atoms with van der Waals surface area (Å²) in [5.74, 6) is -0.234. The van der Waals surface area contributed by atoms with E-state index in [-0.39, 0.29) is 19.0 Å². The number of likely N-dealkylation sites (tertiary alicyclic amines) is 1. The molecule has 1 aliphatic heterocycles. The Labute approximate surface area is 109 Å². The van der Waals surface area contributed by atoms with Crippen molar-refractivity contribution in [3.8, 4) is 0 Å². The van der Waals surface area contributed by atoms with Crippen molar-refractivity contribution in [1.29, 1.82) is 0 Å². The van der Waals surface area contributed by atoms with Gasteiger partial charge >= 0.3 is 12.0 Å². The largest absolute Gasteiger partial charge is 0.481 e. The second-order valence-corrected chi connectivity index (χ2v) is 6.00. The Balaban J connectivity index is 2.30. The van der Waals surface area contributed by atoms with E-state index in [1.165, 1.54) is 0 Å². The molecule has 0 aromatic rings. The summed E-state index contributed by atoms with van der Waals surface area (Å²) in [7, 11) is 0. The number of hydrogen-bond acceptors (Lipinski definition) is 2. The van der Waals surface area contributed by atoms with Crippen LogP contribution in [0.4, 0.5) is 4.79 Å². The first kappa shape index (κ1) is 14.8. The lowest BCUT2D eigenvalue weighted by atomic mass is 9.75. The minimum absolute atomic E-state index is 0.0236. The van der Waals surface area contributed by atoms with Crippen molar-refractivity contribution in [2.75, 3.05) is 19.6 Å². The van der Waals surface area contributed by atoms with Crippen molar-refractivity contribution < 1.29 is 14.7 Å². The van der Waals surface area contributed by atoms with E-state index in [2.05, 4.69) is 26.1 Å². The summed E-state index contributed by atoms with van der Waals surface area (Å²) in [5, 5.41) is 11.1. The van der Waals surface area contributed by atoms with Crippen LogP contribution in [0.25, 0.3) is 0 Å². The van der Waals surface area contributed by atoms with Gasteiger partial charge in [-0.3, -0.25) is 4.79 Å². The van der Waals surface area contributed by atoms with Gasteiger partial charge in [0.2, 0.25) is 0 Å². The van der Waals surface area contributed by atoms with Crippen molar-refractivity contribution in [3.63, 3.8) is 0 Å². The summed E-state index contributed by atoms with van der Waals surface area (Å²) in [5.41, 5.74) is 0.297. The minimum Gasteiger partial charge on any atom is -0.481 e. The molecule has 0 aromatic heterocycles. The molecule has 0 aliphatic carbocycles. The third-order valence-corrected chi connectivity index (χ3v) is 3.62. The summed E-state index contributed by atoms with van der Waals surface area (Å²) >= 11 is 0. The number of nitrogens with one attached hydrogen (secondary N) is 1. The smallest absolute Gasteiger partial charge is 0.317 e. The van der Waals surface area contributed by atoms with Crippen LogP contribution < -0.4 is 5.32 Å². The first-order chi connectivity index (χ1) is 8.30. The maximum Gasteiger partial charge on any atom is 0.317 e. The standard InChI is InChI=1S/C13H24N2O3/c1-13(2,3)10-5-8-15(9-6-10)12(18)14-7-4-11(16)17/h10H,4-9H2,1-3H3,(H,14,18)(H,16,17). The minimum atomic E-state index is -0.887. The highest BCUT2D eigenvalue weighted by atomic mass is 16.4. The number of nitrogens with zero attached hydrogens (tertiary/aromatic N) is 1. The third kappa shape index (κ3) is 4.55. The van der Waals surface area contributed by atoms with Crippen LogP contribution in [0.2, 0.25) is 0 Å². The van der Waals surface area contributed by atoms with E-state index in [1.54, 1.807) is 4.90 Å². The molecule has 0 bridgehead atoms. The number of piperidine rings is 1. The topological polar surface area (TPSA) is 69.6 Å². The van der Waals surface area contributed by atoms with Gasteiger partial charge in [-0.2, -0.15) is 0 Å². The molecule has 5 heteroatoms. The van der Waals surface area contributed by atoms with Crippen LogP contribution in [0.15, 0.2) is 0 Å². The molecule has 2 amide bonds. The highest BCUT2D eigenvalue weighted by molar-refractivity contribution is 5.75. The number of amides is 2. The number of carboxylic acids is 1. The Kier molecular flexibility index (Phi) is 4.99. The first-order valence-corrected chi connectivity index (χ1v) is 6.55. The molecule has 0 radical (unpaired) electrons. The fourth-order valence-electron chi connectivity index (χ4n) is 2.34. The predicted molar refractivity (Wildman–Crippen MR) is 69.4 cm³/mol. The van der Waals surface area contributed by atoms with E-state index in [9.17, 15) is 9.59 Å². The van der Waals surface area contributed by atoms with Crippen LogP contribution >= 0.6 is 0 Å². The van der Waals surface area contributed by atoms with E-state index in [0.717, 1.165) is 25.9 Å². The number of urea groups is 1. The number of carbonyl (C=O) groups excluding carboxylic acids is 1. The molecule has 0 aromatic carbocycles. The van der Waals surface area contributed by atoms with Crippen LogP contribution in [0, 0.1) is 11.3 Å². The SMILES string of the molecule is CC(C)(C)C1CCN(C(=O)NCCC(=O)O)CC1. The molecule has 1 heterocycles. The second kappa shape index (κ2) is 6.07. The van der Waals surface area contributed by atoms with Crippen molar-refractivity contribution in [3.05, 3.63) is 0 Å². The van der Waals surface area contributed by atoms with Gasteiger partial charge < -0.3 is 15.3 Å². The van der Waals surface area contributed by atoms with Crippen LogP contribution in [0.1, 0.15) is 40.0 Å². The van der Waals surface area contributed by atoms with Gasteiger partial charge in [-0.25, -0.2) is 4.79 Å². The predicted octanol–water partition coefficient (Wildman–Crippen LogP) is 1.93. The summed E-state index contributed by atoms with van der Waals surface area (Å²) in [6, 6.07) is -0.136. The van der Waals surface area contributed by atoms with Gasteiger partial charge in [-0.05, 0) is 24.2 Å². The molecule has 0 spiro atoms. The Morgan fingerprint density at radius 1 is 1.28 bits per heavy atom. The van der Waals surface area contributed by atoms with Gasteiger partial charge in [-0.1, -0.05) is 20.8 Å². The highest BCUT2D eigenvalue weighted by Gasteiger charge is 2.30. The number of rotatable bonds is 3. The van der Waals surface area contributed by atoms with Crippen LogP contribution in [0.3, 0.4) is 0 Å². The Morgan fingerprint density at radius 2 is 1.83 bits per heavy atom. The lowest BCUT2D eigenvalue weighted by molar-refractivity contribution is -0.136. The normalized spacial score (nSPS) is 17.6. The molecule has 0 unspecified atom stereocenters. The average Bonchev–Trinajstić information content (AvgIpc) is 2.27. The summed E-state index contributed by atoms with van der Waals surface area (Å²) in [6.45, 7) is 8.44. The van der Waals surface area contributed by atoms with Crippen molar-refractivity contribution in [1.82, 2.24) is 10.2 Å². The number of hydrogen-bond donors (Lipinski definition) is 2. The van der Waals surface area contributed by atoms with Gasteiger partial charge in [0, 0.05) is 19.6 Å². The molecule has 1 rings (SSSR count). The average molecular weight is 256 g/mol. The third-order valence-electron chi connectivity index (χ3n) is 3.62. The molecule has 5 nitrogen and oxygen atoms in total. The Bertz CT molecular complexity index is 302. The Hall–Kier alpha value is -1.26. The first-order valence-electron chi connectivity index (χ1n) is 6.55. The van der Waals surface area contributed by atoms with Gasteiger partial charge in [-0.15, -0.1) is 0 Å². The molecule has 104 valence electrons. The monoisotopic (exact) mass is 256 g/mol. The molecular weight excluding hydrogens is 232 g/mol. The van der Waals surface area contributed by atoms with Gasteiger partial charge in [0.1, 0.15) is 0 Å². The van der Waals surface area contributed by atoms with E-state index >= 15 is 0 Å². The van der Waals surface area contributed by atoms with Gasteiger partial charge in [0.25, 0.3) is 0 Å². The van der Waals surface area contributed by atoms with Crippen LogP contribution in [0.5, 0.6) is 0 Å². The number of aliphatic carboxylic acids is 1. The fraction of sp³-hybridized carbons (Fsp3) is 0.846. The number of carboxylic acid groups (broad SMARTS) is 1. The van der Waals surface area contributed by atoms with Gasteiger partial charge in [0.05, 0.1) is 6.42 Å². The molecule has 1 aliphatic rings. The molecule has 0 atom stereocenters. The molecular formula is C13H24N2O3. The Morgan fingerprint density at radius 3 is 2.28 bits per heavy atom. The van der Waals surface area contributed by atoms with Crippen LogP contribution in [-0.4, -0.2) is 41.6 Å². The van der Waals surface area contributed by atoms with Crippen molar-refractivity contribution >= 4 is 12.0 Å². The summed E-state index contributed by atoms with van der Waals surface area (Å²) < 4.78 is 0. The number of carbonyl (C=O) groups is 2. The molecule has 2 N–H and O–H groups in total. The molecule has 0 saturated carbocycles. The van der Waals surface area contributed by atoms with Gasteiger partial charge in [0.15, 0.2) is 0 Å². The van der Waals surface area contributed by atoms with E-state index in [4.69, 9.17) is 5.11 Å². The van der Waals surface area contributed by atoms with E-state index in [0.29, 0.717) is 11.3 Å². The fourth-order valence-corrected chi connectivity index (χ4v) is 2.34. The lowest BCUT2D eigenvalue weighted by Gasteiger charge is -2.38. The zero-order chi connectivity index (χ0) is 13.8. The van der Waals surface area contributed by atoms with Crippen molar-refractivity contribution in [2.24, 2.45) is 11.3 Å². The van der Waals surface area contributed by atoms with E-state index in [1.807, 2.05) is 0 Å².